The molecule has 0 fully saturated rings. The molecule has 3 aromatic carbocycles. The van der Waals surface area contributed by atoms with Gasteiger partial charge in [-0.25, -0.2) is 8.42 Å². The quantitative estimate of drug-likeness (QED) is 0.244. The number of aliphatic carboxylic acids is 1. The largest absolute Gasteiger partial charge is 0.494 e. The Kier molecular flexibility index (Phi) is 8.98. The minimum atomic E-state index is -2.99. The topological polar surface area (TPSA) is 89.9 Å². The van der Waals surface area contributed by atoms with Gasteiger partial charge in [-0.2, -0.15) is 0 Å². The average Bonchev–Trinajstić information content (AvgIpc) is 2.89. The second-order valence-electron chi connectivity index (χ2n) is 9.95. The van der Waals surface area contributed by atoms with Crippen molar-refractivity contribution in [3.8, 4) is 34.5 Å². The van der Waals surface area contributed by atoms with Crippen molar-refractivity contribution in [1.29, 1.82) is 0 Å². The monoisotopic (exact) mass is 546 g/mol. The normalized spacial score (nSPS) is 12.9. The van der Waals surface area contributed by atoms with Crippen LogP contribution < -0.4 is 9.47 Å². The lowest BCUT2D eigenvalue weighted by Crippen LogP contribution is -2.11. The van der Waals surface area contributed by atoms with Crippen molar-refractivity contribution in [1.82, 2.24) is 0 Å². The first-order chi connectivity index (χ1) is 18.6. The molecule has 1 unspecified atom stereocenters. The number of carboxylic acid groups (broad SMARTS) is 1. The van der Waals surface area contributed by atoms with Crippen molar-refractivity contribution in [3.05, 3.63) is 82.4 Å². The number of benzene rings is 3. The van der Waals surface area contributed by atoms with Gasteiger partial charge in [0.25, 0.3) is 0 Å². The Morgan fingerprint density at radius 1 is 1.05 bits per heavy atom. The number of fused-ring (bicyclic) bond motifs is 3. The van der Waals surface area contributed by atoms with Crippen LogP contribution in [0.5, 0.6) is 11.5 Å². The van der Waals surface area contributed by atoms with Crippen LogP contribution in [-0.2, 0) is 34.1 Å². The zero-order chi connectivity index (χ0) is 28.0. The Morgan fingerprint density at radius 3 is 2.51 bits per heavy atom. The van der Waals surface area contributed by atoms with E-state index in [4.69, 9.17) is 9.47 Å². The highest BCUT2D eigenvalue weighted by atomic mass is 32.2. The number of ether oxygens (including phenoxy) is 2. The van der Waals surface area contributed by atoms with E-state index in [1.165, 1.54) is 28.5 Å². The van der Waals surface area contributed by atoms with Gasteiger partial charge in [0.15, 0.2) is 0 Å². The van der Waals surface area contributed by atoms with Crippen molar-refractivity contribution < 1.29 is 27.8 Å². The lowest BCUT2D eigenvalue weighted by Gasteiger charge is -2.25. The third-order valence-corrected chi connectivity index (χ3v) is 7.91. The molecule has 4 rings (SSSR count). The van der Waals surface area contributed by atoms with Crippen LogP contribution in [-0.4, -0.2) is 38.1 Å². The number of hydrogen-bond donors (Lipinski definition) is 1. The standard InChI is InChI=1S/C32H34O6S/c1-4-7-24(20-31(33)34)23-10-13-27(14-11-23)38-21-26-8-5-9-30-29(26)15-12-25-19-28(18-22(2)32(25)30)37-16-6-17-39(3,35)36/h5,8-11,13-14,18-19,24H,6,12,15-17,20-21H2,1-3H3,(H,33,34). The van der Waals surface area contributed by atoms with E-state index in [9.17, 15) is 18.3 Å². The van der Waals surface area contributed by atoms with E-state index in [-0.39, 0.29) is 18.1 Å². The van der Waals surface area contributed by atoms with Crippen LogP contribution in [0.3, 0.4) is 0 Å². The molecule has 1 atom stereocenters. The first-order valence-electron chi connectivity index (χ1n) is 13.1. The SMILES string of the molecule is CC#CC(CC(=O)O)c1ccc(OCc2cccc3c2CCc2cc(OCCCS(C)(=O)=O)cc(C)c2-3)cc1. The molecule has 3 aromatic rings. The maximum Gasteiger partial charge on any atom is 0.304 e. The summed E-state index contributed by atoms with van der Waals surface area (Å²) in [5.41, 5.74) is 8.10. The van der Waals surface area contributed by atoms with Crippen molar-refractivity contribution in [3.63, 3.8) is 0 Å². The number of carbonyl (C=O) groups is 1. The molecule has 0 bridgehead atoms. The van der Waals surface area contributed by atoms with E-state index in [0.29, 0.717) is 19.6 Å². The van der Waals surface area contributed by atoms with Crippen LogP contribution >= 0.6 is 0 Å². The fourth-order valence-corrected chi connectivity index (χ4v) is 5.76. The molecule has 39 heavy (non-hydrogen) atoms. The molecule has 0 spiro atoms. The molecule has 0 aromatic heterocycles. The van der Waals surface area contributed by atoms with E-state index in [2.05, 4.69) is 43.0 Å². The molecular weight excluding hydrogens is 512 g/mol. The molecule has 6 nitrogen and oxygen atoms in total. The van der Waals surface area contributed by atoms with Crippen LogP contribution in [0, 0.1) is 18.8 Å². The molecule has 1 N–H and O–H groups in total. The molecule has 0 saturated carbocycles. The van der Waals surface area contributed by atoms with E-state index >= 15 is 0 Å². The van der Waals surface area contributed by atoms with Gasteiger partial charge in [-0.3, -0.25) is 4.79 Å². The van der Waals surface area contributed by atoms with Crippen LogP contribution in [0.1, 0.15) is 53.5 Å². The fraction of sp³-hybridized carbons (Fsp3) is 0.344. The predicted molar refractivity (Wildman–Crippen MR) is 153 cm³/mol. The van der Waals surface area contributed by atoms with E-state index in [1.807, 2.05) is 30.3 Å². The van der Waals surface area contributed by atoms with Gasteiger partial charge in [-0.05, 0) is 96.3 Å². The molecule has 0 amide bonds. The molecule has 0 radical (unpaired) electrons. The Balaban J connectivity index is 1.46. The zero-order valence-corrected chi connectivity index (χ0v) is 23.4. The van der Waals surface area contributed by atoms with Crippen LogP contribution in [0.2, 0.25) is 0 Å². The summed E-state index contributed by atoms with van der Waals surface area (Å²) in [4.78, 5) is 11.2. The van der Waals surface area contributed by atoms with Crippen molar-refractivity contribution in [2.45, 2.75) is 52.1 Å². The number of hydrogen-bond acceptors (Lipinski definition) is 5. The minimum absolute atomic E-state index is 0.0328. The summed E-state index contributed by atoms with van der Waals surface area (Å²) in [6, 6.07) is 17.9. The first kappa shape index (κ1) is 28.3. The van der Waals surface area contributed by atoms with E-state index in [1.54, 1.807) is 6.92 Å². The highest BCUT2D eigenvalue weighted by molar-refractivity contribution is 7.90. The highest BCUT2D eigenvalue weighted by Crippen LogP contribution is 2.39. The van der Waals surface area contributed by atoms with E-state index in [0.717, 1.165) is 41.0 Å². The third kappa shape index (κ3) is 7.42. The maximum absolute atomic E-state index is 11.4. The van der Waals surface area contributed by atoms with E-state index < -0.39 is 15.8 Å². The lowest BCUT2D eigenvalue weighted by molar-refractivity contribution is -0.137. The summed E-state index contributed by atoms with van der Waals surface area (Å²) in [5, 5.41) is 9.18. The summed E-state index contributed by atoms with van der Waals surface area (Å²) >= 11 is 0. The molecule has 0 heterocycles. The molecule has 0 saturated heterocycles. The summed E-state index contributed by atoms with van der Waals surface area (Å²) in [5.74, 6) is 6.20. The number of sulfone groups is 1. The Hall–Kier alpha value is -3.76. The summed E-state index contributed by atoms with van der Waals surface area (Å²) in [6.45, 7) is 4.61. The summed E-state index contributed by atoms with van der Waals surface area (Å²) in [7, 11) is -2.99. The fourth-order valence-electron chi connectivity index (χ4n) is 5.12. The second-order valence-corrected chi connectivity index (χ2v) is 12.2. The zero-order valence-electron chi connectivity index (χ0n) is 22.6. The van der Waals surface area contributed by atoms with Gasteiger partial charge in [0.1, 0.15) is 27.9 Å². The Morgan fingerprint density at radius 2 is 1.82 bits per heavy atom. The summed E-state index contributed by atoms with van der Waals surface area (Å²) < 4.78 is 34.7. The third-order valence-electron chi connectivity index (χ3n) is 6.88. The number of aryl methyl sites for hydroxylation is 2. The second kappa shape index (κ2) is 12.4. The molecule has 1 aliphatic carbocycles. The average molecular weight is 547 g/mol. The maximum atomic E-state index is 11.4. The minimum Gasteiger partial charge on any atom is -0.494 e. The van der Waals surface area contributed by atoms with Crippen molar-refractivity contribution in [2.24, 2.45) is 0 Å². The van der Waals surface area contributed by atoms with Crippen LogP contribution in [0.15, 0.2) is 54.6 Å². The van der Waals surface area contributed by atoms with Gasteiger partial charge < -0.3 is 14.6 Å². The van der Waals surface area contributed by atoms with Gasteiger partial charge in [0, 0.05) is 6.26 Å². The number of carboxylic acids is 1. The predicted octanol–water partition coefficient (Wildman–Crippen LogP) is 5.73. The van der Waals surface area contributed by atoms with Crippen LogP contribution in [0.25, 0.3) is 11.1 Å². The molecule has 0 aliphatic heterocycles. The number of rotatable bonds is 11. The molecule has 7 heteroatoms. The summed E-state index contributed by atoms with van der Waals surface area (Å²) in [6.07, 6.45) is 3.46. The molecule has 204 valence electrons. The van der Waals surface area contributed by atoms with Crippen molar-refractivity contribution in [2.75, 3.05) is 18.6 Å². The molecular formula is C32H34O6S. The van der Waals surface area contributed by atoms with Gasteiger partial charge in [0.2, 0.25) is 0 Å². The van der Waals surface area contributed by atoms with Gasteiger partial charge in [-0.1, -0.05) is 36.3 Å². The smallest absolute Gasteiger partial charge is 0.304 e. The molecule has 1 aliphatic rings. The Bertz CT molecular complexity index is 1510. The lowest BCUT2D eigenvalue weighted by atomic mass is 9.81. The highest BCUT2D eigenvalue weighted by Gasteiger charge is 2.22. The first-order valence-corrected chi connectivity index (χ1v) is 15.1. The van der Waals surface area contributed by atoms with Gasteiger partial charge >= 0.3 is 5.97 Å². The van der Waals surface area contributed by atoms with Gasteiger partial charge in [0.05, 0.1) is 24.7 Å². The van der Waals surface area contributed by atoms with Crippen molar-refractivity contribution >= 4 is 15.8 Å². The Labute approximate surface area is 230 Å². The van der Waals surface area contributed by atoms with Crippen LogP contribution in [0.4, 0.5) is 0 Å². The van der Waals surface area contributed by atoms with Gasteiger partial charge in [-0.15, -0.1) is 5.92 Å².